The van der Waals surface area contributed by atoms with Gasteiger partial charge in [-0.1, -0.05) is 30.3 Å². The molecule has 3 atom stereocenters. The van der Waals surface area contributed by atoms with Crippen molar-refractivity contribution < 1.29 is 9.53 Å². The van der Waals surface area contributed by atoms with E-state index in [9.17, 15) is 4.79 Å². The zero-order valence-corrected chi connectivity index (χ0v) is 14.7. The van der Waals surface area contributed by atoms with Gasteiger partial charge in [-0.15, -0.1) is 0 Å². The van der Waals surface area contributed by atoms with Crippen molar-refractivity contribution in [1.82, 2.24) is 4.90 Å². The Hall–Kier alpha value is -1.39. The Labute approximate surface area is 145 Å². The molecule has 1 saturated heterocycles. The van der Waals surface area contributed by atoms with Gasteiger partial charge >= 0.3 is 0 Å². The van der Waals surface area contributed by atoms with Gasteiger partial charge in [0.05, 0.1) is 5.60 Å². The molecule has 1 aromatic carbocycles. The van der Waals surface area contributed by atoms with Gasteiger partial charge in [-0.2, -0.15) is 0 Å². The fourth-order valence-electron chi connectivity index (χ4n) is 4.53. The molecule has 0 bridgehead atoms. The first-order chi connectivity index (χ1) is 11.6. The fourth-order valence-corrected chi connectivity index (χ4v) is 4.53. The summed E-state index contributed by atoms with van der Waals surface area (Å²) in [5.41, 5.74) is 6.92. The van der Waals surface area contributed by atoms with Crippen LogP contribution in [-0.2, 0) is 16.0 Å². The van der Waals surface area contributed by atoms with Gasteiger partial charge in [-0.05, 0) is 57.1 Å². The second kappa shape index (κ2) is 7.66. The van der Waals surface area contributed by atoms with Crippen LogP contribution in [0.5, 0.6) is 0 Å². The predicted molar refractivity (Wildman–Crippen MR) is 95.6 cm³/mol. The molecule has 1 aromatic rings. The van der Waals surface area contributed by atoms with Gasteiger partial charge in [0.1, 0.15) is 0 Å². The highest BCUT2D eigenvalue weighted by Crippen LogP contribution is 2.43. The summed E-state index contributed by atoms with van der Waals surface area (Å²) >= 11 is 0. The minimum atomic E-state index is -0.176. The van der Waals surface area contributed by atoms with Crippen molar-refractivity contribution >= 4 is 5.91 Å². The molecule has 1 aliphatic carbocycles. The number of rotatable bonds is 6. The number of amides is 1. The lowest BCUT2D eigenvalue weighted by molar-refractivity contribution is -0.121. The van der Waals surface area contributed by atoms with Gasteiger partial charge in [-0.3, -0.25) is 4.79 Å². The van der Waals surface area contributed by atoms with Gasteiger partial charge in [0.25, 0.3) is 0 Å². The molecule has 1 amide bonds. The summed E-state index contributed by atoms with van der Waals surface area (Å²) in [5, 5.41) is 0. The molecule has 3 unspecified atom stereocenters. The van der Waals surface area contributed by atoms with Crippen molar-refractivity contribution in [2.45, 2.75) is 56.6 Å². The Bertz CT molecular complexity index is 540. The highest BCUT2D eigenvalue weighted by molar-refractivity contribution is 5.74. The highest BCUT2D eigenvalue weighted by atomic mass is 16.5. The van der Waals surface area contributed by atoms with Crippen molar-refractivity contribution in [3.8, 4) is 0 Å². The minimum absolute atomic E-state index is 0.0554. The first-order valence-corrected chi connectivity index (χ1v) is 9.24. The maximum absolute atomic E-state index is 11.5. The third-order valence-corrected chi connectivity index (χ3v) is 5.91. The third-order valence-electron chi connectivity index (χ3n) is 5.91. The van der Waals surface area contributed by atoms with Crippen LogP contribution in [0, 0.1) is 5.92 Å². The lowest BCUT2D eigenvalue weighted by atomic mass is 9.72. The Morgan fingerprint density at radius 2 is 2.12 bits per heavy atom. The van der Waals surface area contributed by atoms with Gasteiger partial charge < -0.3 is 15.4 Å². The number of nitrogens with zero attached hydrogens (tertiary/aromatic N) is 1. The van der Waals surface area contributed by atoms with E-state index in [-0.39, 0.29) is 11.5 Å². The number of hydrogen-bond acceptors (Lipinski definition) is 3. The average Bonchev–Trinajstić information content (AvgIpc) is 3.03. The summed E-state index contributed by atoms with van der Waals surface area (Å²) in [6.45, 7) is 1.89. The van der Waals surface area contributed by atoms with Crippen molar-refractivity contribution in [3.63, 3.8) is 0 Å². The molecule has 1 heterocycles. The quantitative estimate of drug-likeness (QED) is 0.872. The van der Waals surface area contributed by atoms with E-state index >= 15 is 0 Å². The lowest BCUT2D eigenvalue weighted by Gasteiger charge is -2.45. The number of nitrogens with two attached hydrogens (primary N) is 1. The molecule has 2 fully saturated rings. The highest BCUT2D eigenvalue weighted by Gasteiger charge is 2.45. The van der Waals surface area contributed by atoms with Gasteiger partial charge in [0, 0.05) is 25.6 Å². The van der Waals surface area contributed by atoms with Crippen LogP contribution < -0.4 is 5.73 Å². The van der Waals surface area contributed by atoms with E-state index in [0.717, 1.165) is 38.8 Å². The molecule has 0 aromatic heterocycles. The summed E-state index contributed by atoms with van der Waals surface area (Å²) in [4.78, 5) is 13.9. The molecule has 132 valence electrons. The SMILES string of the molecule is CN(CCc1ccccc1)C1CC2(CCCO2)CCC1CC(N)=O. The van der Waals surface area contributed by atoms with E-state index < -0.39 is 0 Å². The lowest BCUT2D eigenvalue weighted by Crippen LogP contribution is -2.50. The summed E-state index contributed by atoms with van der Waals surface area (Å²) in [7, 11) is 2.19. The van der Waals surface area contributed by atoms with E-state index in [2.05, 4.69) is 42.3 Å². The van der Waals surface area contributed by atoms with Crippen molar-refractivity contribution in [3.05, 3.63) is 35.9 Å². The van der Waals surface area contributed by atoms with Crippen LogP contribution in [0.15, 0.2) is 30.3 Å². The molecule has 0 radical (unpaired) electrons. The van der Waals surface area contributed by atoms with Gasteiger partial charge in [0.2, 0.25) is 5.91 Å². The van der Waals surface area contributed by atoms with E-state index in [0.29, 0.717) is 18.4 Å². The van der Waals surface area contributed by atoms with E-state index in [1.54, 1.807) is 0 Å². The second-order valence-corrected chi connectivity index (χ2v) is 7.59. The van der Waals surface area contributed by atoms with Crippen molar-refractivity contribution in [2.75, 3.05) is 20.2 Å². The number of benzene rings is 1. The first-order valence-electron chi connectivity index (χ1n) is 9.24. The van der Waals surface area contributed by atoms with Crippen LogP contribution >= 0.6 is 0 Å². The molecule has 4 nitrogen and oxygen atoms in total. The minimum Gasteiger partial charge on any atom is -0.375 e. The normalized spacial score (nSPS) is 30.1. The molecular weight excluding hydrogens is 300 g/mol. The van der Waals surface area contributed by atoms with Crippen molar-refractivity contribution in [2.24, 2.45) is 11.7 Å². The molecular formula is C20H30N2O2. The number of carbonyl (C=O) groups is 1. The van der Waals surface area contributed by atoms with Crippen molar-refractivity contribution in [1.29, 1.82) is 0 Å². The summed E-state index contributed by atoms with van der Waals surface area (Å²) < 4.78 is 6.14. The van der Waals surface area contributed by atoms with Crippen LogP contribution in [0.4, 0.5) is 0 Å². The zero-order valence-electron chi connectivity index (χ0n) is 14.7. The molecule has 1 saturated carbocycles. The average molecular weight is 330 g/mol. The third kappa shape index (κ3) is 4.17. The van der Waals surface area contributed by atoms with E-state index in [1.165, 1.54) is 18.4 Å². The van der Waals surface area contributed by atoms with Gasteiger partial charge in [-0.25, -0.2) is 0 Å². The predicted octanol–water partition coefficient (Wildman–Crippen LogP) is 2.75. The summed E-state index contributed by atoms with van der Waals surface area (Å²) in [6, 6.07) is 11.0. The zero-order chi connectivity index (χ0) is 17.0. The second-order valence-electron chi connectivity index (χ2n) is 7.59. The monoisotopic (exact) mass is 330 g/mol. The number of ether oxygens (including phenoxy) is 1. The first kappa shape index (κ1) is 17.4. The standard InChI is InChI=1S/C20H30N2O2/c1-22(12-9-16-6-3-2-4-7-16)18-15-20(10-5-13-24-20)11-8-17(18)14-19(21)23/h2-4,6-7,17-18H,5,8-15H2,1H3,(H2,21,23). The number of hydrogen-bond donors (Lipinski definition) is 1. The maximum atomic E-state index is 11.5. The Morgan fingerprint density at radius 1 is 1.33 bits per heavy atom. The molecule has 4 heteroatoms. The van der Waals surface area contributed by atoms with Gasteiger partial charge in [0.15, 0.2) is 0 Å². The Morgan fingerprint density at radius 3 is 2.79 bits per heavy atom. The van der Waals surface area contributed by atoms with Crippen LogP contribution in [0.3, 0.4) is 0 Å². The van der Waals surface area contributed by atoms with E-state index in [1.807, 2.05) is 0 Å². The Balaban J connectivity index is 1.65. The van der Waals surface area contributed by atoms with Crippen LogP contribution in [0.1, 0.15) is 44.1 Å². The summed E-state index contributed by atoms with van der Waals surface area (Å²) in [5.74, 6) is 0.183. The van der Waals surface area contributed by atoms with Crippen LogP contribution in [0.25, 0.3) is 0 Å². The molecule has 1 spiro atoms. The van der Waals surface area contributed by atoms with Crippen LogP contribution in [0.2, 0.25) is 0 Å². The topological polar surface area (TPSA) is 55.6 Å². The number of likely N-dealkylation sites (N-methyl/N-ethyl adjacent to an activating group) is 1. The smallest absolute Gasteiger partial charge is 0.217 e. The number of carbonyl (C=O) groups excluding carboxylic acids is 1. The largest absolute Gasteiger partial charge is 0.375 e. The molecule has 2 N–H and O–H groups in total. The van der Waals surface area contributed by atoms with E-state index in [4.69, 9.17) is 10.5 Å². The van der Waals surface area contributed by atoms with Crippen LogP contribution in [-0.4, -0.2) is 42.6 Å². The molecule has 3 rings (SSSR count). The molecule has 24 heavy (non-hydrogen) atoms. The molecule has 1 aliphatic heterocycles. The fraction of sp³-hybridized carbons (Fsp3) is 0.650. The Kier molecular flexibility index (Phi) is 5.57. The number of primary amides is 1. The molecule has 2 aliphatic rings. The summed E-state index contributed by atoms with van der Waals surface area (Å²) in [6.07, 6.45) is 7.02. The maximum Gasteiger partial charge on any atom is 0.217 e.